The Kier molecular flexibility index (Phi) is 7.65. The monoisotopic (exact) mass is 455 g/mol. The minimum Gasteiger partial charge on any atom is -0.489 e. The molecule has 3 aromatic carbocycles. The van der Waals surface area contributed by atoms with E-state index in [9.17, 15) is 9.59 Å². The molecule has 0 saturated carbocycles. The number of nitrogens with zero attached hydrogens (tertiary/aromatic N) is 1. The maximum Gasteiger partial charge on any atom is 0.329 e. The first-order valence-electron chi connectivity index (χ1n) is 9.29. The number of carbonyl (C=O) groups is 2. The fourth-order valence-corrected chi connectivity index (χ4v) is 3.06. The quantitative estimate of drug-likeness (QED) is 0.312. The van der Waals surface area contributed by atoms with E-state index in [2.05, 4.69) is 15.8 Å². The van der Waals surface area contributed by atoms with Crippen LogP contribution in [0.5, 0.6) is 5.75 Å². The van der Waals surface area contributed by atoms with Gasteiger partial charge >= 0.3 is 11.8 Å². The summed E-state index contributed by atoms with van der Waals surface area (Å²) in [5, 5.41) is 7.46. The Hall–Kier alpha value is -3.35. The molecule has 8 heteroatoms. The van der Waals surface area contributed by atoms with Gasteiger partial charge in [0.05, 0.1) is 6.21 Å². The molecular weight excluding hydrogens is 437 g/mol. The molecule has 0 spiro atoms. The van der Waals surface area contributed by atoms with Gasteiger partial charge in [-0.05, 0) is 48.4 Å². The first kappa shape index (κ1) is 22.3. The molecule has 31 heavy (non-hydrogen) atoms. The van der Waals surface area contributed by atoms with Crippen LogP contribution in [0.15, 0.2) is 71.8 Å². The van der Waals surface area contributed by atoms with Crippen molar-refractivity contribution in [1.82, 2.24) is 5.43 Å². The van der Waals surface area contributed by atoms with Gasteiger partial charge in [0.2, 0.25) is 0 Å². The van der Waals surface area contributed by atoms with E-state index in [-0.39, 0.29) is 6.61 Å². The number of carbonyl (C=O) groups excluding carboxylic acids is 2. The average molecular weight is 456 g/mol. The Morgan fingerprint density at radius 1 is 1.00 bits per heavy atom. The number of aryl methyl sites for hydroxylation is 1. The van der Waals surface area contributed by atoms with Crippen molar-refractivity contribution in [1.29, 1.82) is 0 Å². The van der Waals surface area contributed by atoms with Gasteiger partial charge in [0.1, 0.15) is 12.4 Å². The van der Waals surface area contributed by atoms with Crippen LogP contribution in [0, 0.1) is 6.92 Å². The highest BCUT2D eigenvalue weighted by atomic mass is 35.5. The van der Waals surface area contributed by atoms with Crippen LogP contribution in [-0.2, 0) is 16.2 Å². The summed E-state index contributed by atoms with van der Waals surface area (Å²) in [6.45, 7) is 2.11. The van der Waals surface area contributed by atoms with Gasteiger partial charge in [0.15, 0.2) is 0 Å². The molecule has 3 rings (SSSR count). The molecule has 6 nitrogen and oxygen atoms in total. The molecule has 2 N–H and O–H groups in total. The average Bonchev–Trinajstić information content (AvgIpc) is 2.75. The zero-order valence-corrected chi connectivity index (χ0v) is 18.1. The highest BCUT2D eigenvalue weighted by molar-refractivity contribution is 6.39. The molecule has 0 unspecified atom stereocenters. The highest BCUT2D eigenvalue weighted by Crippen LogP contribution is 2.23. The van der Waals surface area contributed by atoms with Crippen molar-refractivity contribution in [2.24, 2.45) is 5.10 Å². The van der Waals surface area contributed by atoms with Crippen molar-refractivity contribution < 1.29 is 14.3 Å². The topological polar surface area (TPSA) is 79.8 Å². The first-order chi connectivity index (χ1) is 14.9. The maximum absolute atomic E-state index is 12.0. The predicted molar refractivity (Wildman–Crippen MR) is 123 cm³/mol. The SMILES string of the molecule is Cc1ccccc1NC(=O)C(=O)N/N=C\c1cccc(OCc2ccc(Cl)cc2Cl)c1. The Bertz CT molecular complexity index is 1130. The van der Waals surface area contributed by atoms with Crippen molar-refractivity contribution >= 4 is 46.9 Å². The molecule has 0 bridgehead atoms. The third-order valence-electron chi connectivity index (χ3n) is 4.25. The molecule has 0 atom stereocenters. The maximum atomic E-state index is 12.0. The van der Waals surface area contributed by atoms with Crippen LogP contribution >= 0.6 is 23.2 Å². The van der Waals surface area contributed by atoms with E-state index in [0.717, 1.165) is 11.1 Å². The second-order valence-corrected chi connectivity index (χ2v) is 7.41. The van der Waals surface area contributed by atoms with Gasteiger partial charge in [-0.2, -0.15) is 5.10 Å². The fraction of sp³-hybridized carbons (Fsp3) is 0.0870. The zero-order chi connectivity index (χ0) is 22.2. The van der Waals surface area contributed by atoms with Gasteiger partial charge in [0.25, 0.3) is 0 Å². The van der Waals surface area contributed by atoms with Crippen molar-refractivity contribution in [2.45, 2.75) is 13.5 Å². The molecule has 3 aromatic rings. The van der Waals surface area contributed by atoms with Crippen LogP contribution in [-0.4, -0.2) is 18.0 Å². The van der Waals surface area contributed by atoms with Crippen LogP contribution < -0.4 is 15.5 Å². The number of benzene rings is 3. The Labute approximate surface area is 189 Å². The number of para-hydroxylation sites is 1. The van der Waals surface area contributed by atoms with Crippen LogP contribution in [0.1, 0.15) is 16.7 Å². The number of anilines is 1. The van der Waals surface area contributed by atoms with Gasteiger partial charge in [-0.25, -0.2) is 5.43 Å². The Morgan fingerprint density at radius 3 is 2.58 bits per heavy atom. The summed E-state index contributed by atoms with van der Waals surface area (Å²) in [7, 11) is 0. The van der Waals surface area contributed by atoms with Crippen LogP contribution in [0.25, 0.3) is 0 Å². The molecule has 0 radical (unpaired) electrons. The molecule has 2 amide bonds. The molecule has 0 saturated heterocycles. The van der Waals surface area contributed by atoms with E-state index in [1.54, 1.807) is 54.6 Å². The largest absolute Gasteiger partial charge is 0.489 e. The molecule has 158 valence electrons. The third kappa shape index (κ3) is 6.57. The number of rotatable bonds is 6. The number of hydrogen-bond donors (Lipinski definition) is 2. The van der Waals surface area contributed by atoms with E-state index in [0.29, 0.717) is 27.0 Å². The number of hydrazone groups is 1. The smallest absolute Gasteiger partial charge is 0.329 e. The third-order valence-corrected chi connectivity index (χ3v) is 4.83. The minimum absolute atomic E-state index is 0.270. The molecule has 0 fully saturated rings. The summed E-state index contributed by atoms with van der Waals surface area (Å²) < 4.78 is 5.76. The number of amides is 2. The van der Waals surface area contributed by atoms with E-state index >= 15 is 0 Å². The summed E-state index contributed by atoms with van der Waals surface area (Å²) in [6, 6.07) is 19.5. The first-order valence-corrected chi connectivity index (χ1v) is 10.0. The predicted octanol–water partition coefficient (Wildman–Crippen LogP) is 4.97. The lowest BCUT2D eigenvalue weighted by atomic mass is 10.2. The molecule has 0 aliphatic carbocycles. The summed E-state index contributed by atoms with van der Waals surface area (Å²) in [4.78, 5) is 23.9. The Morgan fingerprint density at radius 2 is 1.81 bits per heavy atom. The van der Waals surface area contributed by atoms with Crippen molar-refractivity contribution in [3.8, 4) is 5.75 Å². The summed E-state index contributed by atoms with van der Waals surface area (Å²) in [6.07, 6.45) is 1.42. The molecule has 0 aromatic heterocycles. The summed E-state index contributed by atoms with van der Waals surface area (Å²) >= 11 is 12.0. The van der Waals surface area contributed by atoms with Crippen LogP contribution in [0.4, 0.5) is 5.69 Å². The lowest BCUT2D eigenvalue weighted by Crippen LogP contribution is -2.32. The second-order valence-electron chi connectivity index (χ2n) is 6.57. The second kappa shape index (κ2) is 10.6. The van der Waals surface area contributed by atoms with E-state index in [4.69, 9.17) is 27.9 Å². The number of hydrogen-bond acceptors (Lipinski definition) is 4. The summed E-state index contributed by atoms with van der Waals surface area (Å²) in [5.41, 5.74) is 5.11. The zero-order valence-electron chi connectivity index (χ0n) is 16.6. The van der Waals surface area contributed by atoms with Gasteiger partial charge in [-0.15, -0.1) is 0 Å². The van der Waals surface area contributed by atoms with E-state index < -0.39 is 11.8 Å². The van der Waals surface area contributed by atoms with Gasteiger partial charge in [-0.3, -0.25) is 9.59 Å². The van der Waals surface area contributed by atoms with Crippen LogP contribution in [0.2, 0.25) is 10.0 Å². The van der Waals surface area contributed by atoms with Crippen molar-refractivity contribution in [3.05, 3.63) is 93.5 Å². The Balaban J connectivity index is 1.54. The lowest BCUT2D eigenvalue weighted by molar-refractivity contribution is -0.136. The van der Waals surface area contributed by atoms with Crippen molar-refractivity contribution in [2.75, 3.05) is 5.32 Å². The standard InChI is InChI=1S/C23H19Cl2N3O3/c1-15-5-2-3-8-21(15)27-22(29)23(30)28-26-13-16-6-4-7-19(11-16)31-14-17-9-10-18(24)12-20(17)25/h2-13H,14H2,1H3,(H,27,29)(H,28,30)/b26-13-. The van der Waals surface area contributed by atoms with Crippen molar-refractivity contribution in [3.63, 3.8) is 0 Å². The highest BCUT2D eigenvalue weighted by Gasteiger charge is 2.13. The van der Waals surface area contributed by atoms with Gasteiger partial charge < -0.3 is 10.1 Å². The number of halogens is 2. The van der Waals surface area contributed by atoms with Crippen LogP contribution in [0.3, 0.4) is 0 Å². The number of nitrogens with one attached hydrogen (secondary N) is 2. The lowest BCUT2D eigenvalue weighted by Gasteiger charge is -2.08. The van der Waals surface area contributed by atoms with Gasteiger partial charge in [-0.1, -0.05) is 59.6 Å². The van der Waals surface area contributed by atoms with Gasteiger partial charge in [0, 0.05) is 21.3 Å². The fourth-order valence-electron chi connectivity index (χ4n) is 2.59. The summed E-state index contributed by atoms with van der Waals surface area (Å²) in [5.74, 6) is -1.08. The molecule has 0 heterocycles. The number of ether oxygens (including phenoxy) is 1. The normalized spacial score (nSPS) is 10.7. The minimum atomic E-state index is -0.871. The molecule has 0 aliphatic rings. The molecule has 0 aliphatic heterocycles. The van der Waals surface area contributed by atoms with E-state index in [1.807, 2.05) is 19.1 Å². The van der Waals surface area contributed by atoms with E-state index in [1.165, 1.54) is 6.21 Å². The molecular formula is C23H19Cl2N3O3.